The first kappa shape index (κ1) is 12.7. The van der Waals surface area contributed by atoms with E-state index in [4.69, 9.17) is 18.0 Å². The van der Waals surface area contributed by atoms with Crippen molar-refractivity contribution in [2.24, 2.45) is 5.73 Å². The molecule has 0 saturated carbocycles. The number of amides is 1. The van der Waals surface area contributed by atoms with Gasteiger partial charge in [0.25, 0.3) is 5.91 Å². The second-order valence-corrected chi connectivity index (χ2v) is 5.18. The molecule has 5 heteroatoms. The smallest absolute Gasteiger partial charge is 0.251 e. The fourth-order valence-corrected chi connectivity index (χ4v) is 2.25. The molecule has 0 radical (unpaired) electrons. The zero-order chi connectivity index (χ0) is 13.0. The summed E-state index contributed by atoms with van der Waals surface area (Å²) in [5, 5.41) is 4.84. The molecule has 1 aromatic heterocycles. The standard InChI is InChI=1S/C13H12N2OS2/c14-12(17)9-3-5-10(6-4-9)13(16)15-8-11-2-1-7-18-11/h1-7H,8H2,(H2,14,17)(H,15,16). The Kier molecular flexibility index (Phi) is 4.07. The van der Waals surface area contributed by atoms with Crippen molar-refractivity contribution in [1.82, 2.24) is 5.32 Å². The van der Waals surface area contributed by atoms with E-state index in [1.165, 1.54) is 0 Å². The lowest BCUT2D eigenvalue weighted by Crippen LogP contribution is -2.22. The summed E-state index contributed by atoms with van der Waals surface area (Å²) >= 11 is 6.47. The van der Waals surface area contributed by atoms with Gasteiger partial charge in [0.1, 0.15) is 4.99 Å². The minimum Gasteiger partial charge on any atom is -0.389 e. The Morgan fingerprint density at radius 2 is 1.89 bits per heavy atom. The molecule has 0 saturated heterocycles. The van der Waals surface area contributed by atoms with Crippen molar-refractivity contribution in [3.05, 3.63) is 57.8 Å². The van der Waals surface area contributed by atoms with E-state index in [-0.39, 0.29) is 5.91 Å². The first-order valence-corrected chi connectivity index (χ1v) is 6.66. The molecule has 3 nitrogen and oxygen atoms in total. The molecular formula is C13H12N2OS2. The molecule has 1 amide bonds. The van der Waals surface area contributed by atoms with E-state index in [2.05, 4.69) is 5.32 Å². The molecule has 2 aromatic rings. The second-order valence-electron chi connectivity index (χ2n) is 3.70. The second kappa shape index (κ2) is 5.75. The van der Waals surface area contributed by atoms with Gasteiger partial charge in [0.15, 0.2) is 0 Å². The maximum atomic E-state index is 11.9. The Balaban J connectivity index is 1.98. The predicted molar refractivity (Wildman–Crippen MR) is 77.8 cm³/mol. The van der Waals surface area contributed by atoms with Crippen molar-refractivity contribution in [2.45, 2.75) is 6.54 Å². The summed E-state index contributed by atoms with van der Waals surface area (Å²) in [5.74, 6) is -0.0992. The van der Waals surface area contributed by atoms with Crippen LogP contribution in [0, 0.1) is 0 Å². The van der Waals surface area contributed by atoms with Crippen molar-refractivity contribution in [2.75, 3.05) is 0 Å². The number of thiophene rings is 1. The lowest BCUT2D eigenvalue weighted by Gasteiger charge is -2.04. The van der Waals surface area contributed by atoms with Crippen LogP contribution in [0.4, 0.5) is 0 Å². The van der Waals surface area contributed by atoms with E-state index in [0.29, 0.717) is 17.1 Å². The van der Waals surface area contributed by atoms with Crippen LogP contribution >= 0.6 is 23.6 Å². The van der Waals surface area contributed by atoms with Gasteiger partial charge in [0.05, 0.1) is 6.54 Å². The number of carbonyl (C=O) groups excluding carboxylic acids is 1. The van der Waals surface area contributed by atoms with E-state index in [9.17, 15) is 4.79 Å². The van der Waals surface area contributed by atoms with E-state index in [1.54, 1.807) is 35.6 Å². The number of nitrogens with one attached hydrogen (secondary N) is 1. The molecule has 1 heterocycles. The van der Waals surface area contributed by atoms with Gasteiger partial charge in [-0.2, -0.15) is 0 Å². The Labute approximate surface area is 115 Å². The molecular weight excluding hydrogens is 264 g/mol. The van der Waals surface area contributed by atoms with Gasteiger partial charge in [-0.25, -0.2) is 0 Å². The van der Waals surface area contributed by atoms with E-state index in [0.717, 1.165) is 10.4 Å². The minimum absolute atomic E-state index is 0.0992. The molecule has 1 aromatic carbocycles. The number of nitrogens with two attached hydrogens (primary N) is 1. The van der Waals surface area contributed by atoms with Crippen LogP contribution in [0.25, 0.3) is 0 Å². The Morgan fingerprint density at radius 3 is 2.44 bits per heavy atom. The Hall–Kier alpha value is -1.72. The van der Waals surface area contributed by atoms with Gasteiger partial charge in [0, 0.05) is 16.0 Å². The maximum absolute atomic E-state index is 11.9. The van der Waals surface area contributed by atoms with Crippen LogP contribution in [0.3, 0.4) is 0 Å². The monoisotopic (exact) mass is 276 g/mol. The number of thiocarbonyl (C=S) groups is 1. The number of benzene rings is 1. The maximum Gasteiger partial charge on any atom is 0.251 e. The number of rotatable bonds is 4. The summed E-state index contributed by atoms with van der Waals surface area (Å²) < 4.78 is 0. The summed E-state index contributed by atoms with van der Waals surface area (Å²) in [6.45, 7) is 0.549. The van der Waals surface area contributed by atoms with Crippen LogP contribution in [-0.4, -0.2) is 10.9 Å². The zero-order valence-corrected chi connectivity index (χ0v) is 11.2. The number of hydrogen-bond donors (Lipinski definition) is 2. The Morgan fingerprint density at radius 1 is 1.22 bits per heavy atom. The molecule has 0 spiro atoms. The van der Waals surface area contributed by atoms with Crippen LogP contribution in [0.5, 0.6) is 0 Å². The highest BCUT2D eigenvalue weighted by molar-refractivity contribution is 7.80. The summed E-state index contributed by atoms with van der Waals surface area (Å²) in [6, 6.07) is 10.9. The summed E-state index contributed by atoms with van der Waals surface area (Å²) in [7, 11) is 0. The van der Waals surface area contributed by atoms with Crippen molar-refractivity contribution in [3.8, 4) is 0 Å². The van der Waals surface area contributed by atoms with Gasteiger partial charge in [-0.15, -0.1) is 11.3 Å². The highest BCUT2D eigenvalue weighted by Gasteiger charge is 2.05. The third kappa shape index (κ3) is 3.15. The first-order chi connectivity index (χ1) is 8.66. The van der Waals surface area contributed by atoms with Gasteiger partial charge < -0.3 is 11.1 Å². The van der Waals surface area contributed by atoms with Crippen molar-refractivity contribution < 1.29 is 4.79 Å². The van der Waals surface area contributed by atoms with Gasteiger partial charge in [0.2, 0.25) is 0 Å². The molecule has 0 aliphatic rings. The summed E-state index contributed by atoms with van der Waals surface area (Å²) in [4.78, 5) is 13.3. The molecule has 92 valence electrons. The third-order valence-electron chi connectivity index (χ3n) is 2.43. The SMILES string of the molecule is NC(=S)c1ccc(C(=O)NCc2cccs2)cc1. The minimum atomic E-state index is -0.0992. The van der Waals surface area contributed by atoms with Gasteiger partial charge in [-0.3, -0.25) is 4.79 Å². The molecule has 0 atom stereocenters. The molecule has 0 aliphatic carbocycles. The summed E-state index contributed by atoms with van der Waals surface area (Å²) in [5.41, 5.74) is 6.86. The largest absolute Gasteiger partial charge is 0.389 e. The van der Waals surface area contributed by atoms with Crippen molar-refractivity contribution in [1.29, 1.82) is 0 Å². The molecule has 0 aliphatic heterocycles. The highest BCUT2D eigenvalue weighted by atomic mass is 32.1. The average molecular weight is 276 g/mol. The molecule has 0 bridgehead atoms. The fraction of sp³-hybridized carbons (Fsp3) is 0.0769. The lowest BCUT2D eigenvalue weighted by molar-refractivity contribution is 0.0951. The van der Waals surface area contributed by atoms with Crippen LogP contribution in [-0.2, 0) is 6.54 Å². The van der Waals surface area contributed by atoms with Crippen LogP contribution in [0.1, 0.15) is 20.8 Å². The first-order valence-electron chi connectivity index (χ1n) is 5.37. The zero-order valence-electron chi connectivity index (χ0n) is 9.55. The molecule has 18 heavy (non-hydrogen) atoms. The van der Waals surface area contributed by atoms with Gasteiger partial charge >= 0.3 is 0 Å². The number of hydrogen-bond acceptors (Lipinski definition) is 3. The van der Waals surface area contributed by atoms with E-state index in [1.807, 2.05) is 17.5 Å². The molecule has 0 fully saturated rings. The topological polar surface area (TPSA) is 55.1 Å². The van der Waals surface area contributed by atoms with Crippen LogP contribution in [0.15, 0.2) is 41.8 Å². The Bertz CT molecular complexity index is 547. The van der Waals surface area contributed by atoms with E-state index < -0.39 is 0 Å². The average Bonchev–Trinajstić information content (AvgIpc) is 2.89. The quantitative estimate of drug-likeness (QED) is 0.843. The molecule has 0 unspecified atom stereocenters. The normalized spacial score (nSPS) is 10.0. The fourth-order valence-electron chi connectivity index (χ4n) is 1.47. The lowest BCUT2D eigenvalue weighted by atomic mass is 10.1. The van der Waals surface area contributed by atoms with Crippen LogP contribution < -0.4 is 11.1 Å². The van der Waals surface area contributed by atoms with Crippen molar-refractivity contribution in [3.63, 3.8) is 0 Å². The third-order valence-corrected chi connectivity index (χ3v) is 3.55. The van der Waals surface area contributed by atoms with Crippen LogP contribution in [0.2, 0.25) is 0 Å². The summed E-state index contributed by atoms with van der Waals surface area (Å²) in [6.07, 6.45) is 0. The van der Waals surface area contributed by atoms with Crippen molar-refractivity contribution >= 4 is 34.5 Å². The van der Waals surface area contributed by atoms with E-state index >= 15 is 0 Å². The number of carbonyl (C=O) groups is 1. The highest BCUT2D eigenvalue weighted by Crippen LogP contribution is 2.09. The molecule has 2 rings (SSSR count). The molecule has 3 N–H and O–H groups in total. The van der Waals surface area contributed by atoms with Gasteiger partial charge in [-0.05, 0) is 23.6 Å². The van der Waals surface area contributed by atoms with Gasteiger partial charge in [-0.1, -0.05) is 30.4 Å². The predicted octanol–water partition coefficient (Wildman–Crippen LogP) is 2.31.